The molecule has 0 aromatic carbocycles. The van der Waals surface area contributed by atoms with E-state index in [1.54, 1.807) is 6.07 Å². The number of anilines is 2. The van der Waals surface area contributed by atoms with Crippen molar-refractivity contribution in [3.8, 4) is 6.07 Å². The highest BCUT2D eigenvalue weighted by Crippen LogP contribution is 2.21. The molecular weight excluding hydrogens is 228 g/mol. The second kappa shape index (κ2) is 5.69. The number of hydrogen-bond acceptors (Lipinski definition) is 5. The molecule has 2 N–H and O–H groups in total. The minimum atomic E-state index is 0.305. The predicted octanol–water partition coefficient (Wildman–Crippen LogP) is 1.54. The van der Waals surface area contributed by atoms with E-state index in [9.17, 15) is 0 Å². The topological polar surface area (TPSA) is 75.2 Å². The third kappa shape index (κ3) is 2.71. The van der Waals surface area contributed by atoms with Crippen LogP contribution in [0, 0.1) is 11.3 Å². The lowest BCUT2D eigenvalue weighted by Gasteiger charge is -2.32. The van der Waals surface area contributed by atoms with Gasteiger partial charge in [-0.05, 0) is 31.9 Å². The Kier molecular flexibility index (Phi) is 4.00. The van der Waals surface area contributed by atoms with Crippen LogP contribution in [0.4, 0.5) is 11.5 Å². The van der Waals surface area contributed by atoms with Crippen LogP contribution >= 0.6 is 0 Å². The molecule has 1 aromatic rings. The number of nitrogen functional groups attached to an aromatic ring is 1. The smallest absolute Gasteiger partial charge is 0.165 e. The van der Waals surface area contributed by atoms with Gasteiger partial charge in [-0.1, -0.05) is 0 Å². The van der Waals surface area contributed by atoms with Crippen molar-refractivity contribution < 1.29 is 4.74 Å². The Morgan fingerprint density at radius 1 is 1.50 bits per heavy atom. The Balaban J connectivity index is 2.04. The summed E-state index contributed by atoms with van der Waals surface area (Å²) in [5, 5.41) is 8.92. The molecule has 0 bridgehead atoms. The van der Waals surface area contributed by atoms with Gasteiger partial charge in [-0.3, -0.25) is 0 Å². The zero-order valence-corrected chi connectivity index (χ0v) is 10.6. The highest BCUT2D eigenvalue weighted by atomic mass is 16.5. The maximum atomic E-state index is 8.92. The summed E-state index contributed by atoms with van der Waals surface area (Å²) in [5.74, 6) is 0.829. The van der Waals surface area contributed by atoms with E-state index in [1.165, 1.54) is 0 Å². The molecule has 96 valence electrons. The van der Waals surface area contributed by atoms with Crippen molar-refractivity contribution >= 4 is 11.5 Å². The Morgan fingerprint density at radius 3 is 2.83 bits per heavy atom. The first kappa shape index (κ1) is 12.7. The molecule has 2 rings (SSSR count). The molecule has 2 heterocycles. The highest BCUT2D eigenvalue weighted by Gasteiger charge is 2.20. The van der Waals surface area contributed by atoms with Crippen LogP contribution in [0.25, 0.3) is 0 Å². The van der Waals surface area contributed by atoms with Crippen LogP contribution in [0.1, 0.15) is 25.5 Å². The molecule has 0 spiro atoms. The summed E-state index contributed by atoms with van der Waals surface area (Å²) in [7, 11) is 0. The van der Waals surface area contributed by atoms with Gasteiger partial charge in [0.25, 0.3) is 0 Å². The van der Waals surface area contributed by atoms with Crippen molar-refractivity contribution in [1.29, 1.82) is 5.26 Å². The molecule has 1 fully saturated rings. The summed E-state index contributed by atoms with van der Waals surface area (Å²) in [4.78, 5) is 6.46. The quantitative estimate of drug-likeness (QED) is 0.875. The minimum absolute atomic E-state index is 0.305. The van der Waals surface area contributed by atoms with Gasteiger partial charge in [0.15, 0.2) is 5.69 Å². The third-order valence-electron chi connectivity index (χ3n) is 3.19. The third-order valence-corrected chi connectivity index (χ3v) is 3.19. The average molecular weight is 246 g/mol. The van der Waals surface area contributed by atoms with Crippen LogP contribution < -0.4 is 10.6 Å². The van der Waals surface area contributed by atoms with E-state index in [0.29, 0.717) is 17.5 Å². The molecule has 0 amide bonds. The Bertz CT molecular complexity index is 447. The lowest BCUT2D eigenvalue weighted by molar-refractivity contribution is 0.0458. The molecule has 1 aliphatic rings. The Morgan fingerprint density at radius 2 is 2.22 bits per heavy atom. The average Bonchev–Trinajstić information content (AvgIpc) is 2.41. The molecule has 0 unspecified atom stereocenters. The summed E-state index contributed by atoms with van der Waals surface area (Å²) < 4.78 is 5.61. The van der Waals surface area contributed by atoms with E-state index in [1.807, 2.05) is 19.1 Å². The zero-order chi connectivity index (χ0) is 13.0. The van der Waals surface area contributed by atoms with Gasteiger partial charge in [0.1, 0.15) is 11.9 Å². The van der Waals surface area contributed by atoms with Crippen LogP contribution in [0.15, 0.2) is 12.1 Å². The van der Waals surface area contributed by atoms with Gasteiger partial charge in [-0.2, -0.15) is 5.26 Å². The van der Waals surface area contributed by atoms with Crippen LogP contribution in [0.3, 0.4) is 0 Å². The molecule has 0 atom stereocenters. The molecular formula is C13H18N4O. The lowest BCUT2D eigenvalue weighted by atomic mass is 10.1. The van der Waals surface area contributed by atoms with Gasteiger partial charge in [0.05, 0.1) is 11.8 Å². The second-order valence-corrected chi connectivity index (χ2v) is 4.36. The first-order valence-electron chi connectivity index (χ1n) is 6.27. The Labute approximate surface area is 107 Å². The number of hydrogen-bond donors (Lipinski definition) is 1. The van der Waals surface area contributed by atoms with Crippen molar-refractivity contribution in [3.05, 3.63) is 17.8 Å². The summed E-state index contributed by atoms with van der Waals surface area (Å²) in [5.41, 5.74) is 6.41. The fourth-order valence-electron chi connectivity index (χ4n) is 2.21. The van der Waals surface area contributed by atoms with E-state index < -0.39 is 0 Å². The van der Waals surface area contributed by atoms with Crippen LogP contribution in [-0.4, -0.2) is 30.8 Å². The molecule has 18 heavy (non-hydrogen) atoms. The van der Waals surface area contributed by atoms with Gasteiger partial charge in [0.2, 0.25) is 0 Å². The predicted molar refractivity (Wildman–Crippen MR) is 70.2 cm³/mol. The Hall–Kier alpha value is -1.80. The normalized spacial score (nSPS) is 16.6. The number of aromatic nitrogens is 1. The second-order valence-electron chi connectivity index (χ2n) is 4.36. The lowest BCUT2D eigenvalue weighted by Crippen LogP contribution is -2.37. The molecule has 5 nitrogen and oxygen atoms in total. The van der Waals surface area contributed by atoms with Gasteiger partial charge in [0, 0.05) is 19.7 Å². The first-order chi connectivity index (χ1) is 8.74. The van der Waals surface area contributed by atoms with Crippen LogP contribution in [0.2, 0.25) is 0 Å². The molecule has 0 aliphatic carbocycles. The van der Waals surface area contributed by atoms with Crippen molar-refractivity contribution in [3.63, 3.8) is 0 Å². The fourth-order valence-corrected chi connectivity index (χ4v) is 2.21. The monoisotopic (exact) mass is 246 g/mol. The number of nitrogens with two attached hydrogens (primary N) is 1. The van der Waals surface area contributed by atoms with Crippen molar-refractivity contribution in [2.45, 2.75) is 25.9 Å². The number of ether oxygens (including phenoxy) is 1. The number of rotatable bonds is 3. The van der Waals surface area contributed by atoms with E-state index in [4.69, 9.17) is 15.7 Å². The molecule has 0 saturated carbocycles. The molecule has 5 heteroatoms. The highest BCUT2D eigenvalue weighted by molar-refractivity contribution is 5.55. The van der Waals surface area contributed by atoms with Gasteiger partial charge in [-0.15, -0.1) is 0 Å². The van der Waals surface area contributed by atoms with E-state index in [0.717, 1.165) is 38.4 Å². The summed E-state index contributed by atoms with van der Waals surface area (Å²) in [6, 6.07) is 5.63. The fraction of sp³-hybridized carbons (Fsp3) is 0.538. The number of piperidine rings is 1. The molecule has 1 saturated heterocycles. The first-order valence-corrected chi connectivity index (χ1v) is 6.27. The largest absolute Gasteiger partial charge is 0.396 e. The summed E-state index contributed by atoms with van der Waals surface area (Å²) in [6.07, 6.45) is 2.36. The van der Waals surface area contributed by atoms with Crippen molar-refractivity contribution in [2.24, 2.45) is 0 Å². The minimum Gasteiger partial charge on any atom is -0.396 e. The van der Waals surface area contributed by atoms with E-state index in [-0.39, 0.29) is 0 Å². The zero-order valence-electron chi connectivity index (χ0n) is 10.6. The van der Waals surface area contributed by atoms with Gasteiger partial charge < -0.3 is 15.4 Å². The van der Waals surface area contributed by atoms with Crippen LogP contribution in [-0.2, 0) is 4.74 Å². The standard InChI is InChI=1S/C13H18N4O/c1-2-18-10-5-7-17(8-6-10)13-4-3-11(15)12(9-14)16-13/h3-4,10H,2,5-8,15H2,1H3. The van der Waals surface area contributed by atoms with Gasteiger partial charge >= 0.3 is 0 Å². The van der Waals surface area contributed by atoms with Gasteiger partial charge in [-0.25, -0.2) is 4.98 Å². The number of pyridine rings is 1. The maximum absolute atomic E-state index is 8.92. The van der Waals surface area contributed by atoms with E-state index >= 15 is 0 Å². The SMILES string of the molecule is CCOC1CCN(c2ccc(N)c(C#N)n2)CC1. The summed E-state index contributed by atoms with van der Waals surface area (Å²) >= 11 is 0. The van der Waals surface area contributed by atoms with E-state index in [2.05, 4.69) is 9.88 Å². The number of nitriles is 1. The van der Waals surface area contributed by atoms with Crippen molar-refractivity contribution in [1.82, 2.24) is 4.98 Å². The molecule has 0 radical (unpaired) electrons. The number of nitrogens with zero attached hydrogens (tertiary/aromatic N) is 3. The van der Waals surface area contributed by atoms with Crippen molar-refractivity contribution in [2.75, 3.05) is 30.3 Å². The molecule has 1 aliphatic heterocycles. The molecule has 1 aromatic heterocycles. The maximum Gasteiger partial charge on any atom is 0.165 e. The summed E-state index contributed by atoms with van der Waals surface area (Å²) in [6.45, 7) is 4.61. The van der Waals surface area contributed by atoms with Crippen LogP contribution in [0.5, 0.6) is 0 Å².